The summed E-state index contributed by atoms with van der Waals surface area (Å²) in [5.74, 6) is 1.98. The number of aliphatic hydroxyl groups is 1. The number of para-hydroxylation sites is 2. The summed E-state index contributed by atoms with van der Waals surface area (Å²) in [5.41, 5.74) is 5.53. The number of aromatic nitrogens is 2. The summed E-state index contributed by atoms with van der Waals surface area (Å²) in [4.78, 5) is 4.67. The predicted molar refractivity (Wildman–Crippen MR) is 117 cm³/mol. The lowest BCUT2D eigenvalue weighted by Crippen LogP contribution is -2.53. The van der Waals surface area contributed by atoms with E-state index < -0.39 is 0 Å². The highest BCUT2D eigenvalue weighted by atomic mass is 16.3. The van der Waals surface area contributed by atoms with Crippen LogP contribution in [-0.2, 0) is 0 Å². The van der Waals surface area contributed by atoms with Gasteiger partial charge in [-0.25, -0.2) is 4.98 Å². The fourth-order valence-corrected chi connectivity index (χ4v) is 7.78. The fraction of sp³-hybridized carbons (Fsp3) is 0.577. The minimum absolute atomic E-state index is 0.00690. The minimum atomic E-state index is -0.161. The molecule has 0 saturated heterocycles. The third-order valence-corrected chi connectivity index (χ3v) is 9.40. The van der Waals surface area contributed by atoms with Crippen LogP contribution in [0, 0.1) is 28.6 Å². The number of imidazole rings is 1. The molecule has 2 aromatic rings. The summed E-state index contributed by atoms with van der Waals surface area (Å²) in [6, 6.07) is 8.49. The molecule has 1 unspecified atom stereocenters. The topological polar surface area (TPSA) is 38.0 Å². The van der Waals surface area contributed by atoms with Crippen molar-refractivity contribution in [2.45, 2.75) is 64.9 Å². The highest BCUT2D eigenvalue weighted by Crippen LogP contribution is 2.65. The second kappa shape index (κ2) is 6.07. The summed E-state index contributed by atoms with van der Waals surface area (Å²) in [5, 5.41) is 11.1. The molecule has 2 saturated carbocycles. The van der Waals surface area contributed by atoms with E-state index in [0.717, 1.165) is 24.8 Å². The average molecular weight is 389 g/mol. The Hall–Kier alpha value is -1.87. The Morgan fingerprint density at radius 2 is 1.93 bits per heavy atom. The summed E-state index contributed by atoms with van der Waals surface area (Å²) >= 11 is 0. The predicted octanol–water partition coefficient (Wildman–Crippen LogP) is 5.81. The summed E-state index contributed by atoms with van der Waals surface area (Å²) in [6.45, 7) is 4.88. The van der Waals surface area contributed by atoms with Crippen LogP contribution in [0.4, 0.5) is 0 Å². The van der Waals surface area contributed by atoms with Gasteiger partial charge in [0.15, 0.2) is 0 Å². The molecule has 1 aromatic heterocycles. The maximum atomic E-state index is 11.1. The van der Waals surface area contributed by atoms with Crippen molar-refractivity contribution in [2.75, 3.05) is 0 Å². The Morgan fingerprint density at radius 1 is 1.07 bits per heavy atom. The first-order chi connectivity index (χ1) is 14.0. The number of aliphatic hydroxyl groups excluding tert-OH is 1. The van der Waals surface area contributed by atoms with Gasteiger partial charge in [-0.2, -0.15) is 0 Å². The lowest BCUT2D eigenvalue weighted by atomic mass is 9.47. The van der Waals surface area contributed by atoms with Gasteiger partial charge in [0.2, 0.25) is 0 Å². The van der Waals surface area contributed by atoms with E-state index in [1.54, 1.807) is 5.57 Å². The van der Waals surface area contributed by atoms with Gasteiger partial charge in [0.25, 0.3) is 0 Å². The van der Waals surface area contributed by atoms with Gasteiger partial charge in [0, 0.05) is 16.5 Å². The molecule has 0 radical (unpaired) electrons. The normalized spacial score (nSPS) is 41.3. The van der Waals surface area contributed by atoms with E-state index >= 15 is 0 Å². The van der Waals surface area contributed by atoms with E-state index in [9.17, 15) is 5.11 Å². The molecule has 2 fully saturated rings. The first-order valence-electron chi connectivity index (χ1n) is 11.5. The smallest absolute Gasteiger partial charge is 0.100 e. The van der Waals surface area contributed by atoms with Crippen LogP contribution < -0.4 is 0 Å². The van der Waals surface area contributed by atoms with Gasteiger partial charge in [-0.1, -0.05) is 43.7 Å². The van der Waals surface area contributed by atoms with Crippen LogP contribution in [0.1, 0.15) is 58.8 Å². The van der Waals surface area contributed by atoms with Crippen LogP contribution in [0.15, 0.2) is 48.3 Å². The number of fused-ring (bicyclic) bond motifs is 6. The molecule has 4 aliphatic carbocycles. The molecule has 6 atom stereocenters. The monoisotopic (exact) mass is 388 g/mol. The second-order valence-electron chi connectivity index (χ2n) is 10.4. The lowest BCUT2D eigenvalue weighted by molar-refractivity contribution is -0.0751. The highest BCUT2D eigenvalue weighted by molar-refractivity contribution is 5.80. The van der Waals surface area contributed by atoms with E-state index in [0.29, 0.717) is 17.8 Å². The number of allylic oxidation sites excluding steroid dienone is 3. The lowest BCUT2D eigenvalue weighted by Gasteiger charge is -2.58. The largest absolute Gasteiger partial charge is 0.392 e. The van der Waals surface area contributed by atoms with E-state index in [1.807, 2.05) is 6.33 Å². The van der Waals surface area contributed by atoms with Gasteiger partial charge in [-0.15, -0.1) is 0 Å². The zero-order chi connectivity index (χ0) is 19.8. The van der Waals surface area contributed by atoms with Crippen molar-refractivity contribution in [1.82, 2.24) is 9.55 Å². The van der Waals surface area contributed by atoms with Gasteiger partial charge in [0.05, 0.1) is 17.1 Å². The third-order valence-electron chi connectivity index (χ3n) is 9.40. The van der Waals surface area contributed by atoms with Crippen LogP contribution >= 0.6 is 0 Å². The standard InChI is InChI=1S/C26H32N2O/c1-25-15-14-20-18(11-10-17-6-5-9-24(29)26(17,20)2)19(25)12-13-23(25)28-16-27-21-7-3-4-8-22(21)28/h3-4,7-8,10,13,16,18-20,24,29H,5-6,9,11-12,14-15H2,1-2H3/t18-,19-,20-,24?,25-,26-/m0/s1. The number of hydrogen-bond acceptors (Lipinski definition) is 2. The first-order valence-corrected chi connectivity index (χ1v) is 11.5. The molecule has 1 N–H and O–H groups in total. The zero-order valence-corrected chi connectivity index (χ0v) is 17.6. The van der Waals surface area contributed by atoms with Gasteiger partial charge >= 0.3 is 0 Å². The van der Waals surface area contributed by atoms with Crippen LogP contribution in [0.5, 0.6) is 0 Å². The molecule has 3 heteroatoms. The molecular weight excluding hydrogens is 356 g/mol. The van der Waals surface area contributed by atoms with E-state index in [2.05, 4.69) is 59.8 Å². The Labute approximate surface area is 173 Å². The van der Waals surface area contributed by atoms with Crippen LogP contribution in [0.3, 0.4) is 0 Å². The molecule has 6 rings (SSSR count). The van der Waals surface area contributed by atoms with Crippen molar-refractivity contribution in [3.05, 3.63) is 48.3 Å². The number of nitrogens with zero attached hydrogens (tertiary/aromatic N) is 2. The molecular formula is C26H32N2O. The quantitative estimate of drug-likeness (QED) is 0.626. The Kier molecular flexibility index (Phi) is 3.76. The van der Waals surface area contributed by atoms with Crippen molar-refractivity contribution in [1.29, 1.82) is 0 Å². The first kappa shape index (κ1) is 17.9. The van der Waals surface area contributed by atoms with Gasteiger partial charge in [0.1, 0.15) is 6.33 Å². The fourth-order valence-electron chi connectivity index (χ4n) is 7.78. The molecule has 29 heavy (non-hydrogen) atoms. The Bertz CT molecular complexity index is 1030. The molecule has 0 spiro atoms. The Balaban J connectivity index is 1.38. The van der Waals surface area contributed by atoms with E-state index in [1.165, 1.54) is 36.9 Å². The Morgan fingerprint density at radius 3 is 2.83 bits per heavy atom. The summed E-state index contributed by atoms with van der Waals surface area (Å²) < 4.78 is 2.36. The third kappa shape index (κ3) is 2.26. The van der Waals surface area contributed by atoms with Crippen LogP contribution in [0.25, 0.3) is 16.7 Å². The maximum Gasteiger partial charge on any atom is 0.100 e. The zero-order valence-electron chi connectivity index (χ0n) is 17.6. The SMILES string of the molecule is C[C@]12CC[C@H]3[C@@H](CC=C4CCCC(O)[C@@]43C)[C@@H]1CC=C2n1cnc2ccccc21. The molecule has 152 valence electrons. The maximum absolute atomic E-state index is 11.1. The molecule has 4 aliphatic rings. The average Bonchev–Trinajstić information content (AvgIpc) is 3.29. The van der Waals surface area contributed by atoms with E-state index in [4.69, 9.17) is 0 Å². The van der Waals surface area contributed by atoms with Crippen molar-refractivity contribution in [2.24, 2.45) is 28.6 Å². The van der Waals surface area contributed by atoms with Gasteiger partial charge < -0.3 is 9.67 Å². The molecule has 3 nitrogen and oxygen atoms in total. The second-order valence-corrected chi connectivity index (χ2v) is 10.4. The van der Waals surface area contributed by atoms with Crippen molar-refractivity contribution in [3.63, 3.8) is 0 Å². The molecule has 0 aliphatic heterocycles. The molecule has 0 amide bonds. The summed E-state index contributed by atoms with van der Waals surface area (Å²) in [6.07, 6.45) is 15.0. The van der Waals surface area contributed by atoms with Gasteiger partial charge in [-0.05, 0) is 74.8 Å². The molecule has 1 heterocycles. The van der Waals surface area contributed by atoms with Crippen molar-refractivity contribution in [3.8, 4) is 0 Å². The van der Waals surface area contributed by atoms with Crippen LogP contribution in [-0.4, -0.2) is 20.8 Å². The van der Waals surface area contributed by atoms with Crippen molar-refractivity contribution >= 4 is 16.7 Å². The van der Waals surface area contributed by atoms with Crippen molar-refractivity contribution < 1.29 is 5.11 Å². The summed E-state index contributed by atoms with van der Waals surface area (Å²) in [7, 11) is 0. The molecule has 1 aromatic carbocycles. The molecule has 0 bridgehead atoms. The van der Waals surface area contributed by atoms with Gasteiger partial charge in [-0.3, -0.25) is 0 Å². The highest BCUT2D eigenvalue weighted by Gasteiger charge is 2.58. The van der Waals surface area contributed by atoms with E-state index in [-0.39, 0.29) is 16.9 Å². The number of hydrogen-bond donors (Lipinski definition) is 1. The number of benzene rings is 1. The minimum Gasteiger partial charge on any atom is -0.392 e. The van der Waals surface area contributed by atoms with Crippen LogP contribution in [0.2, 0.25) is 0 Å². The number of rotatable bonds is 1.